The van der Waals surface area contributed by atoms with Crippen molar-refractivity contribution in [2.24, 2.45) is 23.1 Å². The zero-order chi connectivity index (χ0) is 102. The number of rotatable bonds is 57. The number of nitriles is 1. The van der Waals surface area contributed by atoms with Crippen molar-refractivity contribution in [2.45, 2.75) is 287 Å². The Hall–Kier alpha value is -10.0. The van der Waals surface area contributed by atoms with Gasteiger partial charge in [0.15, 0.2) is 29.5 Å². The molecule has 1 saturated carbocycles. The van der Waals surface area contributed by atoms with Crippen LogP contribution in [0, 0.1) is 52.2 Å². The summed E-state index contributed by atoms with van der Waals surface area (Å²) in [4.78, 5) is 84.4. The molecule has 0 spiro atoms. The summed E-state index contributed by atoms with van der Waals surface area (Å²) in [6.07, 6.45) is 4.08. The molecule has 0 saturated heterocycles. The average molecular weight is 1980 g/mol. The number of carbonyl (C=O) groups excluding carboxylic acids is 6. The normalized spacial score (nSPS) is 14.1. The van der Waals surface area contributed by atoms with Gasteiger partial charge in [-0.05, 0) is 182 Å². The molecule has 1 fully saturated rings. The number of amides is 6. The van der Waals surface area contributed by atoms with Crippen molar-refractivity contribution in [3.8, 4) is 6.07 Å². The van der Waals surface area contributed by atoms with Gasteiger partial charge in [0.2, 0.25) is 17.7 Å². The van der Waals surface area contributed by atoms with E-state index in [0.717, 1.165) is 96.5 Å². The van der Waals surface area contributed by atoms with Gasteiger partial charge in [-0.1, -0.05) is 186 Å². The van der Waals surface area contributed by atoms with Crippen LogP contribution < -0.4 is 33.2 Å². The van der Waals surface area contributed by atoms with E-state index < -0.39 is 188 Å². The maximum atomic E-state index is 14.3. The minimum absolute atomic E-state index is 0.00621. The van der Waals surface area contributed by atoms with E-state index in [-0.39, 0.29) is 107 Å². The topological polar surface area (TPSA) is 441 Å². The first-order chi connectivity index (χ1) is 65.0. The Labute approximate surface area is 804 Å². The molecular formula is C100H142F6N10O18S3. The summed E-state index contributed by atoms with van der Waals surface area (Å²) in [6.45, 7) is 19.3. The Kier molecular flexibility index (Phi) is 51.5. The monoisotopic (exact) mass is 1980 g/mol. The van der Waals surface area contributed by atoms with Crippen molar-refractivity contribution in [1.82, 2.24) is 30.7 Å². The van der Waals surface area contributed by atoms with Crippen LogP contribution in [0.2, 0.25) is 0 Å². The molecule has 6 aromatic carbocycles. The van der Waals surface area contributed by atoms with Gasteiger partial charge in [-0.25, -0.2) is 66.0 Å². The van der Waals surface area contributed by atoms with Crippen LogP contribution in [0.15, 0.2) is 140 Å². The molecule has 7 rings (SSSR count). The van der Waals surface area contributed by atoms with Gasteiger partial charge >= 0.3 is 18.3 Å². The maximum absolute atomic E-state index is 14.3. The van der Waals surface area contributed by atoms with Gasteiger partial charge in [0, 0.05) is 75.6 Å². The Morgan fingerprint density at radius 2 is 0.686 bits per heavy atom. The summed E-state index contributed by atoms with van der Waals surface area (Å²) in [5.74, 6) is -8.77. The summed E-state index contributed by atoms with van der Waals surface area (Å²) in [5, 5.41) is 47.4. The van der Waals surface area contributed by atoms with Crippen LogP contribution in [0.1, 0.15) is 209 Å². The van der Waals surface area contributed by atoms with Gasteiger partial charge in [-0.2, -0.15) is 5.26 Å². The van der Waals surface area contributed by atoms with Crippen LogP contribution >= 0.6 is 0 Å². The van der Waals surface area contributed by atoms with E-state index in [9.17, 15) is 95.7 Å². The second-order valence-corrected chi connectivity index (χ2v) is 41.9. The van der Waals surface area contributed by atoms with Gasteiger partial charge in [-0.3, -0.25) is 14.4 Å². The molecule has 0 aliphatic heterocycles. The van der Waals surface area contributed by atoms with E-state index in [1.165, 1.54) is 20.8 Å². The van der Waals surface area contributed by atoms with Crippen molar-refractivity contribution in [3.05, 3.63) is 225 Å². The summed E-state index contributed by atoms with van der Waals surface area (Å²) in [6, 6.07) is 25.3. The van der Waals surface area contributed by atoms with E-state index in [1.54, 1.807) is 12.1 Å². The summed E-state index contributed by atoms with van der Waals surface area (Å²) >= 11 is 0. The standard InChI is InChI=1S/C34H49F2N3O6S.C33H46F2N4O6S.C33H47F2N3O6S/c1-4-8-29(9-5-2)46(43,44)22-31(38-34(42)45-21-24-12-13-24)33(41)39(19-25-11-7-10-23(6-3)14-25)20-32(40)30(37)17-26-15-27(35)18-28(36)16-26;1-4-9-28(10-5-2)46(43,44)22-30(38-33(42)45-14-8-13-36)32(41)39(20-24-12-7-11-23(6-3)15-24)21-31(40)29(37)18-25-16-26(34)19-27(35)17-25;1-5-10-28(11-6-2)45(42,43)22-30(37-33(41)44-14-7-3)32(40)38(20-24-13-9-12-23(8-4)15-24)21-31(39)29(36)18-25-16-26(34)19-27(35)17-25/h7,10-11,14-16,18,24,29-32,40H,4-6,8-9,12-13,17,19-22,37H2,1-3H3,(H,38,42);7,11-12,15-17,19,28-31,40H,4-6,8-10,14,18,20-22,37H2,1-3H3,(H,38,42);7,9,12-13,15-17,19,28-31,39H,3,5-6,8,10-11,14,18,20-22,36H2,1-2,4H3,(H,37,41)/t30-,31+,32+;2*29-,30+,31+/m000/s1. The Balaban J connectivity index is 0.000000363. The van der Waals surface area contributed by atoms with Gasteiger partial charge in [0.1, 0.15) is 66.2 Å². The number of aryl methyl sites for hydroxylation is 3. The molecule has 137 heavy (non-hydrogen) atoms. The van der Waals surface area contributed by atoms with Crippen LogP contribution in [-0.2, 0) is 116 Å². The number of aliphatic hydroxyl groups is 3. The largest absolute Gasteiger partial charge is 0.449 e. The smallest absolute Gasteiger partial charge is 0.408 e. The zero-order valence-corrected chi connectivity index (χ0v) is 82.7. The Morgan fingerprint density at radius 1 is 0.423 bits per heavy atom. The molecule has 1 aliphatic carbocycles. The first-order valence-corrected chi connectivity index (χ1v) is 52.3. The minimum Gasteiger partial charge on any atom is -0.449 e. The molecule has 12 N–H and O–H groups in total. The fraction of sp³-hybridized carbons (Fsp3) is 0.550. The quantitative estimate of drug-likeness (QED) is 0.00741. The average Bonchev–Trinajstić information content (AvgIpc) is 1.72. The fourth-order valence-corrected chi connectivity index (χ4v) is 22.2. The van der Waals surface area contributed by atoms with Gasteiger partial charge in [-0.15, -0.1) is 0 Å². The molecule has 28 nitrogen and oxygen atoms in total. The fourth-order valence-electron chi connectivity index (χ4n) is 15.8. The SMILES string of the molecule is C=CCOC(=O)N[C@H](CS(=O)(=O)C(CCC)CCC)C(=O)N(Cc1cccc(CC)c1)C[C@@H](O)[C@@H](N)Cc1cc(F)cc(F)c1.CCCC(CCC)S(=O)(=O)C[C@@H](NC(=O)OCC1CC1)C(=O)N(Cc1cccc(CC)c1)C[C@@H](O)[C@@H](N)Cc1cc(F)cc(F)c1.CCCC(CCC)S(=O)(=O)C[C@@H](NC(=O)OCCC#N)C(=O)N(Cc1cccc(CC)c1)C[C@@H](O)[C@@H](N)Cc1cc(F)cc(F)c1. The lowest BCUT2D eigenvalue weighted by atomic mass is 10.0. The summed E-state index contributed by atoms with van der Waals surface area (Å²) in [7, 11) is -11.6. The second-order valence-electron chi connectivity index (χ2n) is 35.0. The number of hydrogen-bond acceptors (Lipinski definition) is 22. The Morgan fingerprint density at radius 3 is 0.934 bits per heavy atom. The van der Waals surface area contributed by atoms with E-state index in [0.29, 0.717) is 101 Å². The molecule has 0 heterocycles. The lowest BCUT2D eigenvalue weighted by Crippen LogP contribution is -2.55. The molecular weight excluding hydrogens is 1840 g/mol. The zero-order valence-electron chi connectivity index (χ0n) is 80.2. The van der Waals surface area contributed by atoms with Crippen molar-refractivity contribution in [3.63, 3.8) is 0 Å². The number of nitrogens with two attached hydrogens (primary N) is 3. The van der Waals surface area contributed by atoms with Gasteiger partial charge < -0.3 is 77.4 Å². The number of nitrogens with zero attached hydrogens (tertiary/aromatic N) is 4. The molecule has 1 aliphatic rings. The Bertz CT molecular complexity index is 5140. The third kappa shape index (κ3) is 42.3. The van der Waals surface area contributed by atoms with Crippen LogP contribution in [0.4, 0.5) is 40.7 Å². The van der Waals surface area contributed by atoms with Crippen molar-refractivity contribution in [1.29, 1.82) is 5.26 Å². The minimum atomic E-state index is -3.90. The highest BCUT2D eigenvalue weighted by atomic mass is 32.2. The number of alkyl carbamates (subject to hydrolysis) is 3. The predicted molar refractivity (Wildman–Crippen MR) is 516 cm³/mol. The molecule has 9 atom stereocenters. The number of benzene rings is 6. The molecule has 6 aromatic rings. The molecule has 760 valence electrons. The van der Waals surface area contributed by atoms with Crippen LogP contribution in [0.5, 0.6) is 0 Å². The molecule has 0 bridgehead atoms. The first-order valence-electron chi connectivity index (χ1n) is 47.2. The number of nitrogens with one attached hydrogen (secondary N) is 3. The lowest BCUT2D eigenvalue weighted by Gasteiger charge is -2.32. The third-order valence-electron chi connectivity index (χ3n) is 23.2. The van der Waals surface area contributed by atoms with Gasteiger partial charge in [0.05, 0.1) is 70.4 Å². The van der Waals surface area contributed by atoms with E-state index in [1.807, 2.05) is 129 Å². The molecule has 0 radical (unpaired) electrons. The van der Waals surface area contributed by atoms with E-state index in [4.69, 9.17) is 36.7 Å². The predicted octanol–water partition coefficient (Wildman–Crippen LogP) is 13.3. The van der Waals surface area contributed by atoms with Gasteiger partial charge in [0.25, 0.3) is 0 Å². The molecule has 6 amide bonds. The van der Waals surface area contributed by atoms with Crippen LogP contribution in [0.25, 0.3) is 0 Å². The van der Waals surface area contributed by atoms with E-state index in [2.05, 4.69) is 22.5 Å². The number of carbonyl (C=O) groups is 6. The van der Waals surface area contributed by atoms with Crippen molar-refractivity contribution in [2.75, 3.05) is 56.7 Å². The molecule has 37 heteroatoms. The highest BCUT2D eigenvalue weighted by Crippen LogP contribution is 2.30. The number of ether oxygens (including phenoxy) is 3. The number of halogens is 6. The highest BCUT2D eigenvalue weighted by Gasteiger charge is 2.41. The first kappa shape index (κ1) is 117. The van der Waals surface area contributed by atoms with Crippen LogP contribution in [-0.4, -0.2) is 218 Å². The molecule has 0 unspecified atom stereocenters. The van der Waals surface area contributed by atoms with E-state index >= 15 is 0 Å². The van der Waals surface area contributed by atoms with Crippen LogP contribution in [0.3, 0.4) is 0 Å². The molecule has 0 aromatic heterocycles. The van der Waals surface area contributed by atoms with Crippen molar-refractivity contribution >= 4 is 65.5 Å². The summed E-state index contributed by atoms with van der Waals surface area (Å²) < 4.78 is 180. The second kappa shape index (κ2) is 60.1. The van der Waals surface area contributed by atoms with Crippen molar-refractivity contribution < 1.29 is 110 Å². The third-order valence-corrected chi connectivity index (χ3v) is 30.1. The lowest BCUT2D eigenvalue weighted by molar-refractivity contribution is -0.135. The summed E-state index contributed by atoms with van der Waals surface area (Å²) in [5.41, 5.74) is 24.5. The number of sulfone groups is 3. The number of aliphatic hydroxyl groups excluding tert-OH is 3. The number of hydrogen-bond donors (Lipinski definition) is 9. The maximum Gasteiger partial charge on any atom is 0.408 e. The highest BCUT2D eigenvalue weighted by molar-refractivity contribution is 7.92.